The molecule has 0 fully saturated rings. The molecule has 3 N–H and O–H groups in total. The highest BCUT2D eigenvalue weighted by Gasteiger charge is 2.05. The second kappa shape index (κ2) is 8.71. The molecule has 0 spiro atoms. The quantitative estimate of drug-likeness (QED) is 0.459. The number of hydrogen-bond acceptors (Lipinski definition) is 5. The van der Waals surface area contributed by atoms with Crippen molar-refractivity contribution in [3.63, 3.8) is 0 Å². The number of nitrogens with one attached hydrogen (secondary N) is 1. The van der Waals surface area contributed by atoms with E-state index in [4.69, 9.17) is 17.3 Å². The Morgan fingerprint density at radius 2 is 2.05 bits per heavy atom. The standard InChI is InChI=1S/C13H17ClN2O3S/c1-19-13(18)5-7-20-6-4-12(17)16-9-2-3-10(14)11(15)8-9/h2-3,8H,4-7,15H2,1H3,(H,16,17). The van der Waals surface area contributed by atoms with Crippen LogP contribution in [0, 0.1) is 0 Å². The van der Waals surface area contributed by atoms with Crippen LogP contribution in [-0.4, -0.2) is 30.5 Å². The second-order valence-electron chi connectivity index (χ2n) is 3.97. The second-order valence-corrected chi connectivity index (χ2v) is 5.60. The number of anilines is 2. The maximum atomic E-state index is 11.7. The number of halogens is 1. The highest BCUT2D eigenvalue weighted by Crippen LogP contribution is 2.22. The summed E-state index contributed by atoms with van der Waals surface area (Å²) in [5.41, 5.74) is 6.70. The van der Waals surface area contributed by atoms with Crippen LogP contribution in [0.25, 0.3) is 0 Å². The lowest BCUT2D eigenvalue weighted by Crippen LogP contribution is -2.12. The molecule has 5 nitrogen and oxygen atoms in total. The van der Waals surface area contributed by atoms with Crippen LogP contribution in [0.4, 0.5) is 11.4 Å². The smallest absolute Gasteiger partial charge is 0.306 e. The molecule has 0 aliphatic heterocycles. The number of hydrogen-bond donors (Lipinski definition) is 2. The summed E-state index contributed by atoms with van der Waals surface area (Å²) in [5.74, 6) is 0.954. The minimum Gasteiger partial charge on any atom is -0.469 e. The van der Waals surface area contributed by atoms with Gasteiger partial charge in [0.15, 0.2) is 0 Å². The van der Waals surface area contributed by atoms with Gasteiger partial charge in [0.2, 0.25) is 5.91 Å². The molecule has 20 heavy (non-hydrogen) atoms. The summed E-state index contributed by atoms with van der Waals surface area (Å²) in [4.78, 5) is 22.5. The number of nitrogens with two attached hydrogens (primary N) is 1. The molecule has 0 radical (unpaired) electrons. The molecule has 0 bridgehead atoms. The van der Waals surface area contributed by atoms with Gasteiger partial charge < -0.3 is 15.8 Å². The molecule has 1 aromatic rings. The van der Waals surface area contributed by atoms with E-state index in [9.17, 15) is 9.59 Å². The van der Waals surface area contributed by atoms with Crippen molar-refractivity contribution in [1.29, 1.82) is 0 Å². The Morgan fingerprint density at radius 3 is 2.70 bits per heavy atom. The van der Waals surface area contributed by atoms with Gasteiger partial charge in [-0.25, -0.2) is 0 Å². The van der Waals surface area contributed by atoms with Crippen molar-refractivity contribution in [2.45, 2.75) is 12.8 Å². The maximum absolute atomic E-state index is 11.7. The first-order chi connectivity index (χ1) is 9.52. The van der Waals surface area contributed by atoms with Gasteiger partial charge in [-0.2, -0.15) is 11.8 Å². The van der Waals surface area contributed by atoms with Gasteiger partial charge >= 0.3 is 5.97 Å². The Hall–Kier alpha value is -1.40. The fraction of sp³-hybridized carbons (Fsp3) is 0.385. The Labute approximate surface area is 127 Å². The summed E-state index contributed by atoms with van der Waals surface area (Å²) in [7, 11) is 1.36. The average Bonchev–Trinajstić information content (AvgIpc) is 2.42. The van der Waals surface area contributed by atoms with Gasteiger partial charge in [0.25, 0.3) is 0 Å². The largest absolute Gasteiger partial charge is 0.469 e. The van der Waals surface area contributed by atoms with Crippen LogP contribution in [0.5, 0.6) is 0 Å². The van der Waals surface area contributed by atoms with Crippen LogP contribution in [0.15, 0.2) is 18.2 Å². The van der Waals surface area contributed by atoms with E-state index in [-0.39, 0.29) is 11.9 Å². The number of rotatable bonds is 7. The Balaban J connectivity index is 2.23. The first-order valence-corrected chi connectivity index (χ1v) is 7.55. The van der Waals surface area contributed by atoms with Crippen LogP contribution in [-0.2, 0) is 14.3 Å². The van der Waals surface area contributed by atoms with Crippen molar-refractivity contribution in [3.05, 3.63) is 23.2 Å². The summed E-state index contributed by atoms with van der Waals surface area (Å²) in [6, 6.07) is 4.95. The first kappa shape index (κ1) is 16.7. The average molecular weight is 317 g/mol. The number of benzene rings is 1. The summed E-state index contributed by atoms with van der Waals surface area (Å²) >= 11 is 7.33. The topological polar surface area (TPSA) is 81.4 Å². The third-order valence-corrected chi connectivity index (χ3v) is 3.76. The van der Waals surface area contributed by atoms with E-state index in [1.165, 1.54) is 18.9 Å². The predicted molar refractivity (Wildman–Crippen MR) is 83.1 cm³/mol. The lowest BCUT2D eigenvalue weighted by molar-refractivity contribution is -0.140. The number of carbonyl (C=O) groups is 2. The van der Waals surface area contributed by atoms with Crippen LogP contribution < -0.4 is 11.1 Å². The van der Waals surface area contributed by atoms with Gasteiger partial charge in [-0.15, -0.1) is 0 Å². The van der Waals surface area contributed by atoms with Crippen LogP contribution in [0.1, 0.15) is 12.8 Å². The molecule has 0 heterocycles. The third-order valence-electron chi connectivity index (χ3n) is 2.43. The number of methoxy groups -OCH3 is 1. The van der Waals surface area contributed by atoms with E-state index in [1.54, 1.807) is 18.2 Å². The monoisotopic (exact) mass is 316 g/mol. The van der Waals surface area contributed by atoms with Gasteiger partial charge in [0, 0.05) is 23.6 Å². The SMILES string of the molecule is COC(=O)CCSCCC(=O)Nc1ccc(Cl)c(N)c1. The maximum Gasteiger partial charge on any atom is 0.306 e. The van der Waals surface area contributed by atoms with Crippen molar-refractivity contribution in [2.24, 2.45) is 0 Å². The molecule has 0 unspecified atom stereocenters. The third kappa shape index (κ3) is 6.16. The molecule has 0 saturated carbocycles. The number of amides is 1. The first-order valence-electron chi connectivity index (χ1n) is 6.02. The molecule has 1 amide bonds. The molecule has 7 heteroatoms. The number of nitrogen functional groups attached to an aromatic ring is 1. The highest BCUT2D eigenvalue weighted by molar-refractivity contribution is 7.99. The Kier molecular flexibility index (Phi) is 7.25. The van der Waals surface area contributed by atoms with Crippen molar-refractivity contribution in [2.75, 3.05) is 29.7 Å². The zero-order valence-corrected chi connectivity index (χ0v) is 12.7. The van der Waals surface area contributed by atoms with Crippen molar-refractivity contribution >= 4 is 46.6 Å². The lowest BCUT2D eigenvalue weighted by atomic mass is 10.2. The summed E-state index contributed by atoms with van der Waals surface area (Å²) in [5, 5.41) is 3.20. The number of thioether (sulfide) groups is 1. The van der Waals surface area contributed by atoms with E-state index in [1.807, 2.05) is 0 Å². The van der Waals surface area contributed by atoms with Gasteiger partial charge in [-0.1, -0.05) is 11.6 Å². The van der Waals surface area contributed by atoms with E-state index >= 15 is 0 Å². The van der Waals surface area contributed by atoms with Crippen LogP contribution in [0.2, 0.25) is 5.02 Å². The van der Waals surface area contributed by atoms with Crippen molar-refractivity contribution in [1.82, 2.24) is 0 Å². The van der Waals surface area contributed by atoms with Gasteiger partial charge in [-0.3, -0.25) is 9.59 Å². The zero-order valence-electron chi connectivity index (χ0n) is 11.1. The van der Waals surface area contributed by atoms with Crippen molar-refractivity contribution < 1.29 is 14.3 Å². The zero-order chi connectivity index (χ0) is 15.0. The molecule has 0 aliphatic rings. The van der Waals surface area contributed by atoms with E-state index in [0.717, 1.165) is 0 Å². The summed E-state index contributed by atoms with van der Waals surface area (Å²) in [6.07, 6.45) is 0.727. The molecule has 0 saturated heterocycles. The molecule has 0 aliphatic carbocycles. The molecule has 0 atom stereocenters. The molecule has 1 rings (SSSR count). The highest BCUT2D eigenvalue weighted by atomic mass is 35.5. The normalized spacial score (nSPS) is 10.1. The Bertz CT molecular complexity index is 483. The minimum atomic E-state index is -0.237. The minimum absolute atomic E-state index is 0.0997. The fourth-order valence-corrected chi connectivity index (χ4v) is 2.33. The van der Waals surface area contributed by atoms with Gasteiger partial charge in [0.05, 0.1) is 24.2 Å². The van der Waals surface area contributed by atoms with E-state index < -0.39 is 0 Å². The van der Waals surface area contributed by atoms with Gasteiger partial charge in [-0.05, 0) is 18.2 Å². The molecule has 1 aromatic carbocycles. The van der Waals surface area contributed by atoms with Crippen LogP contribution >= 0.6 is 23.4 Å². The summed E-state index contributed by atoms with van der Waals surface area (Å²) < 4.78 is 4.52. The molecule has 0 aromatic heterocycles. The van der Waals surface area contributed by atoms with Crippen molar-refractivity contribution in [3.8, 4) is 0 Å². The molecule has 110 valence electrons. The van der Waals surface area contributed by atoms with Crippen LogP contribution in [0.3, 0.4) is 0 Å². The summed E-state index contributed by atoms with van der Waals surface area (Å²) in [6.45, 7) is 0. The lowest BCUT2D eigenvalue weighted by Gasteiger charge is -2.06. The molecular weight excluding hydrogens is 300 g/mol. The molecular formula is C13H17ClN2O3S. The Morgan fingerprint density at radius 1 is 1.35 bits per heavy atom. The number of ether oxygens (including phenoxy) is 1. The van der Waals surface area contributed by atoms with E-state index in [2.05, 4.69) is 10.1 Å². The number of esters is 1. The fourth-order valence-electron chi connectivity index (χ4n) is 1.37. The predicted octanol–water partition coefficient (Wildman–Crippen LogP) is 2.55. The number of carbonyl (C=O) groups excluding carboxylic acids is 2. The van der Waals surface area contributed by atoms with Gasteiger partial charge in [0.1, 0.15) is 0 Å². The van der Waals surface area contributed by atoms with E-state index in [0.29, 0.717) is 40.7 Å².